The highest BCUT2D eigenvalue weighted by atomic mass is 16.5. The third-order valence-corrected chi connectivity index (χ3v) is 1.40. The molecule has 0 fully saturated rings. The zero-order valence-electron chi connectivity index (χ0n) is 7.38. The van der Waals surface area contributed by atoms with Crippen LogP contribution in [0.4, 0.5) is 0 Å². The summed E-state index contributed by atoms with van der Waals surface area (Å²) >= 11 is 0. The molecule has 0 saturated heterocycles. The molecule has 0 aliphatic rings. The maximum atomic E-state index is 11.0. The molecule has 0 aliphatic heterocycles. The maximum Gasteiger partial charge on any atom is 0.333 e. The normalized spacial score (nSPS) is 14.7. The Balaban J connectivity index is 4.44. The highest BCUT2D eigenvalue weighted by molar-refractivity contribution is 5.86. The van der Waals surface area contributed by atoms with Crippen molar-refractivity contribution in [2.45, 2.75) is 19.4 Å². The molecule has 0 spiro atoms. The molecule has 0 bridgehead atoms. The molecular formula is C7H13NO4. The van der Waals surface area contributed by atoms with Crippen molar-refractivity contribution in [1.82, 2.24) is 5.32 Å². The summed E-state index contributed by atoms with van der Waals surface area (Å²) in [6.07, 6.45) is 0. The lowest BCUT2D eigenvalue weighted by molar-refractivity contribution is -0.151. The molecule has 0 radical (unpaired) electrons. The number of carbonyl (C=O) groups is 2. The molecule has 70 valence electrons. The number of esters is 1. The van der Waals surface area contributed by atoms with E-state index in [0.29, 0.717) is 0 Å². The van der Waals surface area contributed by atoms with E-state index in [1.54, 1.807) is 0 Å². The molecule has 0 aromatic carbocycles. The zero-order chi connectivity index (χ0) is 9.78. The van der Waals surface area contributed by atoms with Crippen molar-refractivity contribution in [3.05, 3.63) is 0 Å². The second kappa shape index (κ2) is 4.06. The second-order valence-corrected chi connectivity index (χ2v) is 2.66. The van der Waals surface area contributed by atoms with Gasteiger partial charge in [-0.25, -0.2) is 4.79 Å². The van der Waals surface area contributed by atoms with E-state index in [4.69, 9.17) is 5.11 Å². The Morgan fingerprint density at radius 3 is 2.33 bits per heavy atom. The zero-order valence-corrected chi connectivity index (χ0v) is 7.38. The van der Waals surface area contributed by atoms with Gasteiger partial charge in [0.2, 0.25) is 5.91 Å². The van der Waals surface area contributed by atoms with Crippen LogP contribution in [0.5, 0.6) is 0 Å². The number of rotatable bonds is 3. The maximum absolute atomic E-state index is 11.0. The molecular weight excluding hydrogens is 162 g/mol. The van der Waals surface area contributed by atoms with Crippen LogP contribution in [0.2, 0.25) is 0 Å². The molecule has 0 aromatic heterocycles. The Morgan fingerprint density at radius 2 is 2.08 bits per heavy atom. The minimum absolute atomic E-state index is 0.392. The molecule has 0 saturated carbocycles. The van der Waals surface area contributed by atoms with Gasteiger partial charge in [-0.3, -0.25) is 4.79 Å². The number of amides is 1. The second-order valence-electron chi connectivity index (χ2n) is 2.66. The van der Waals surface area contributed by atoms with Crippen LogP contribution in [0, 0.1) is 0 Å². The number of methoxy groups -OCH3 is 1. The summed E-state index contributed by atoms with van der Waals surface area (Å²) in [5, 5.41) is 11.1. The van der Waals surface area contributed by atoms with Gasteiger partial charge >= 0.3 is 5.97 Å². The van der Waals surface area contributed by atoms with E-state index in [9.17, 15) is 9.59 Å². The number of aliphatic hydroxyl groups is 1. The van der Waals surface area contributed by atoms with E-state index in [-0.39, 0.29) is 0 Å². The van der Waals surface area contributed by atoms with Gasteiger partial charge in [0.1, 0.15) is 0 Å². The number of hydrogen-bond donors (Lipinski definition) is 2. The minimum atomic E-state index is -1.33. The van der Waals surface area contributed by atoms with E-state index in [1.807, 2.05) is 0 Å². The third kappa shape index (κ3) is 2.50. The molecule has 1 atom stereocenters. The van der Waals surface area contributed by atoms with Gasteiger partial charge in [0, 0.05) is 6.92 Å². The van der Waals surface area contributed by atoms with Crippen LogP contribution in [0.15, 0.2) is 0 Å². The highest BCUT2D eigenvalue weighted by Gasteiger charge is 2.34. The standard InChI is InChI=1S/C7H13NO4/c1-5(10)8-7(2,4-9)6(11)12-3/h9H,4H2,1-3H3,(H,8,10)/t7-/m0/s1. The number of nitrogens with one attached hydrogen (secondary N) is 1. The summed E-state index contributed by atoms with van der Waals surface area (Å²) < 4.78 is 4.39. The van der Waals surface area contributed by atoms with Gasteiger partial charge in [0.05, 0.1) is 13.7 Å². The molecule has 0 unspecified atom stereocenters. The topological polar surface area (TPSA) is 75.6 Å². The van der Waals surface area contributed by atoms with Crippen LogP contribution >= 0.6 is 0 Å². The first-order valence-electron chi connectivity index (χ1n) is 3.44. The van der Waals surface area contributed by atoms with Crippen LogP contribution in [0.3, 0.4) is 0 Å². The van der Waals surface area contributed by atoms with Crippen molar-refractivity contribution in [3.8, 4) is 0 Å². The van der Waals surface area contributed by atoms with Crippen LogP contribution in [0.1, 0.15) is 13.8 Å². The molecule has 1 amide bonds. The van der Waals surface area contributed by atoms with Crippen molar-refractivity contribution in [2.24, 2.45) is 0 Å². The molecule has 5 heteroatoms. The first-order valence-corrected chi connectivity index (χ1v) is 3.44. The van der Waals surface area contributed by atoms with Crippen LogP contribution in [-0.2, 0) is 14.3 Å². The molecule has 0 rings (SSSR count). The van der Waals surface area contributed by atoms with Crippen molar-refractivity contribution >= 4 is 11.9 Å². The Kier molecular flexibility index (Phi) is 3.69. The summed E-state index contributed by atoms with van der Waals surface area (Å²) in [5.41, 5.74) is -1.33. The Morgan fingerprint density at radius 1 is 1.58 bits per heavy atom. The largest absolute Gasteiger partial charge is 0.467 e. The predicted octanol–water partition coefficient (Wildman–Crippen LogP) is -0.954. The van der Waals surface area contributed by atoms with Crippen molar-refractivity contribution in [2.75, 3.05) is 13.7 Å². The Bertz CT molecular complexity index is 192. The summed E-state index contributed by atoms with van der Waals surface area (Å²) in [4.78, 5) is 21.6. The molecule has 5 nitrogen and oxygen atoms in total. The SMILES string of the molecule is COC(=O)[C@](C)(CO)NC(C)=O. The van der Waals surface area contributed by atoms with E-state index in [0.717, 1.165) is 0 Å². The van der Waals surface area contributed by atoms with Gasteiger partial charge < -0.3 is 15.2 Å². The Hall–Kier alpha value is -1.10. The number of ether oxygens (including phenoxy) is 1. The summed E-state index contributed by atoms with van der Waals surface area (Å²) in [7, 11) is 1.19. The Labute approximate surface area is 70.7 Å². The quantitative estimate of drug-likeness (QED) is 0.542. The predicted molar refractivity (Wildman–Crippen MR) is 41.3 cm³/mol. The average molecular weight is 175 g/mol. The van der Waals surface area contributed by atoms with Crippen LogP contribution < -0.4 is 5.32 Å². The van der Waals surface area contributed by atoms with Crippen molar-refractivity contribution in [3.63, 3.8) is 0 Å². The van der Waals surface area contributed by atoms with Gasteiger partial charge in [-0.05, 0) is 6.92 Å². The third-order valence-electron chi connectivity index (χ3n) is 1.40. The van der Waals surface area contributed by atoms with Gasteiger partial charge in [-0.15, -0.1) is 0 Å². The van der Waals surface area contributed by atoms with Gasteiger partial charge in [-0.1, -0.05) is 0 Å². The highest BCUT2D eigenvalue weighted by Crippen LogP contribution is 2.04. The van der Waals surface area contributed by atoms with E-state index in [1.165, 1.54) is 21.0 Å². The monoisotopic (exact) mass is 175 g/mol. The van der Waals surface area contributed by atoms with Crippen LogP contribution in [-0.4, -0.2) is 36.2 Å². The fourth-order valence-electron chi connectivity index (χ4n) is 0.769. The summed E-state index contributed by atoms with van der Waals surface area (Å²) in [5.74, 6) is -1.06. The molecule has 0 aliphatic carbocycles. The van der Waals surface area contributed by atoms with Gasteiger partial charge in [0.25, 0.3) is 0 Å². The van der Waals surface area contributed by atoms with E-state index >= 15 is 0 Å². The van der Waals surface area contributed by atoms with Crippen molar-refractivity contribution in [1.29, 1.82) is 0 Å². The average Bonchev–Trinajstić information content (AvgIpc) is 2.01. The lowest BCUT2D eigenvalue weighted by atomic mass is 10.0. The van der Waals surface area contributed by atoms with Gasteiger partial charge in [-0.2, -0.15) is 0 Å². The van der Waals surface area contributed by atoms with Crippen molar-refractivity contribution < 1.29 is 19.4 Å². The summed E-state index contributed by atoms with van der Waals surface area (Å²) in [6, 6.07) is 0. The first-order chi connectivity index (χ1) is 5.46. The van der Waals surface area contributed by atoms with Crippen LogP contribution in [0.25, 0.3) is 0 Å². The minimum Gasteiger partial charge on any atom is -0.467 e. The van der Waals surface area contributed by atoms with E-state index < -0.39 is 24.0 Å². The first kappa shape index (κ1) is 10.9. The van der Waals surface area contributed by atoms with Gasteiger partial charge in [0.15, 0.2) is 5.54 Å². The fourth-order valence-corrected chi connectivity index (χ4v) is 0.769. The molecule has 0 heterocycles. The molecule has 0 aromatic rings. The number of carbonyl (C=O) groups excluding carboxylic acids is 2. The lowest BCUT2D eigenvalue weighted by Gasteiger charge is -2.24. The fraction of sp³-hybridized carbons (Fsp3) is 0.714. The molecule has 12 heavy (non-hydrogen) atoms. The summed E-state index contributed by atoms with van der Waals surface area (Å²) in [6.45, 7) is 2.16. The smallest absolute Gasteiger partial charge is 0.333 e. The molecule has 2 N–H and O–H groups in total. The lowest BCUT2D eigenvalue weighted by Crippen LogP contribution is -2.54. The number of aliphatic hydroxyl groups excluding tert-OH is 1. The number of hydrogen-bond acceptors (Lipinski definition) is 4. The van der Waals surface area contributed by atoms with E-state index in [2.05, 4.69) is 10.1 Å².